The Morgan fingerprint density at radius 2 is 2.00 bits per heavy atom. The molecular formula is C18H19NO2. The first kappa shape index (κ1) is 13.6. The van der Waals surface area contributed by atoms with Crippen molar-refractivity contribution in [2.75, 3.05) is 12.0 Å². The van der Waals surface area contributed by atoms with Crippen LogP contribution in [0, 0.1) is 0 Å². The van der Waals surface area contributed by atoms with E-state index in [-0.39, 0.29) is 5.75 Å². The van der Waals surface area contributed by atoms with Gasteiger partial charge >= 0.3 is 0 Å². The fourth-order valence-electron chi connectivity index (χ4n) is 2.67. The summed E-state index contributed by atoms with van der Waals surface area (Å²) in [4.78, 5) is 2.21. The summed E-state index contributed by atoms with van der Waals surface area (Å²) in [6, 6.07) is 14.1. The Hall–Kier alpha value is -2.42. The normalized spacial score (nSPS) is 13.7. The van der Waals surface area contributed by atoms with Crippen LogP contribution in [-0.4, -0.2) is 12.2 Å². The van der Waals surface area contributed by atoms with Crippen molar-refractivity contribution in [2.24, 2.45) is 0 Å². The molecule has 0 amide bonds. The van der Waals surface area contributed by atoms with E-state index in [1.165, 1.54) is 5.56 Å². The molecule has 0 aromatic heterocycles. The molecule has 0 atom stereocenters. The van der Waals surface area contributed by atoms with E-state index < -0.39 is 0 Å². The second-order valence-electron chi connectivity index (χ2n) is 5.19. The Morgan fingerprint density at radius 3 is 2.76 bits per heavy atom. The SMILES string of the molecule is COc1cc2c(cc1O)CCC=CN2Cc1ccccc1. The van der Waals surface area contributed by atoms with Crippen LogP contribution in [0.2, 0.25) is 0 Å². The lowest BCUT2D eigenvalue weighted by molar-refractivity contribution is 0.373. The van der Waals surface area contributed by atoms with Gasteiger partial charge in [0.1, 0.15) is 0 Å². The quantitative estimate of drug-likeness (QED) is 0.927. The van der Waals surface area contributed by atoms with Crippen molar-refractivity contribution >= 4 is 5.69 Å². The largest absolute Gasteiger partial charge is 0.504 e. The van der Waals surface area contributed by atoms with Crippen molar-refractivity contribution in [2.45, 2.75) is 19.4 Å². The van der Waals surface area contributed by atoms with Crippen LogP contribution in [0.5, 0.6) is 11.5 Å². The maximum Gasteiger partial charge on any atom is 0.162 e. The standard InChI is InChI=1S/C18H19NO2/c1-21-18-12-16-15(11-17(18)20)9-5-6-10-19(16)13-14-7-3-2-4-8-14/h2-4,6-8,10-12,20H,5,9,13H2,1H3. The molecule has 0 aliphatic carbocycles. The van der Waals surface area contributed by atoms with E-state index in [9.17, 15) is 5.11 Å². The third kappa shape index (κ3) is 2.87. The number of methoxy groups -OCH3 is 1. The predicted octanol–water partition coefficient (Wildman–Crippen LogP) is 3.87. The van der Waals surface area contributed by atoms with Crippen LogP contribution in [0.25, 0.3) is 0 Å². The van der Waals surface area contributed by atoms with Gasteiger partial charge in [-0.25, -0.2) is 0 Å². The molecule has 1 heterocycles. The minimum absolute atomic E-state index is 0.206. The number of rotatable bonds is 3. The zero-order chi connectivity index (χ0) is 14.7. The molecule has 0 saturated carbocycles. The molecule has 0 radical (unpaired) electrons. The molecule has 1 aliphatic heterocycles. The molecule has 0 bridgehead atoms. The van der Waals surface area contributed by atoms with Crippen molar-refractivity contribution in [3.63, 3.8) is 0 Å². The Kier molecular flexibility index (Phi) is 3.82. The average Bonchev–Trinajstić information content (AvgIpc) is 2.69. The van der Waals surface area contributed by atoms with Gasteiger partial charge in [0.25, 0.3) is 0 Å². The highest BCUT2D eigenvalue weighted by molar-refractivity contribution is 5.64. The number of allylic oxidation sites excluding steroid dienone is 1. The number of ether oxygens (including phenoxy) is 1. The smallest absolute Gasteiger partial charge is 0.162 e. The van der Waals surface area contributed by atoms with Gasteiger partial charge in [0.15, 0.2) is 11.5 Å². The molecule has 2 aromatic carbocycles. The Morgan fingerprint density at radius 1 is 1.19 bits per heavy atom. The van der Waals surface area contributed by atoms with Crippen molar-refractivity contribution in [3.8, 4) is 11.5 Å². The van der Waals surface area contributed by atoms with Gasteiger partial charge in [-0.15, -0.1) is 0 Å². The number of phenolic OH excluding ortho intramolecular Hbond substituents is 1. The van der Waals surface area contributed by atoms with E-state index in [2.05, 4.69) is 41.4 Å². The zero-order valence-electron chi connectivity index (χ0n) is 12.1. The van der Waals surface area contributed by atoms with Gasteiger partial charge < -0.3 is 14.7 Å². The van der Waals surface area contributed by atoms with Crippen LogP contribution >= 0.6 is 0 Å². The number of fused-ring (bicyclic) bond motifs is 1. The van der Waals surface area contributed by atoms with Gasteiger partial charge in [0.2, 0.25) is 0 Å². The van der Waals surface area contributed by atoms with Gasteiger partial charge in [-0.1, -0.05) is 36.4 Å². The second-order valence-corrected chi connectivity index (χ2v) is 5.19. The van der Waals surface area contributed by atoms with E-state index in [0.717, 1.165) is 30.6 Å². The van der Waals surface area contributed by atoms with E-state index in [4.69, 9.17) is 4.74 Å². The fourth-order valence-corrected chi connectivity index (χ4v) is 2.67. The predicted molar refractivity (Wildman–Crippen MR) is 84.7 cm³/mol. The van der Waals surface area contributed by atoms with Crippen molar-refractivity contribution in [1.82, 2.24) is 0 Å². The molecule has 1 aliphatic rings. The topological polar surface area (TPSA) is 32.7 Å². The summed E-state index contributed by atoms with van der Waals surface area (Å²) >= 11 is 0. The third-order valence-corrected chi connectivity index (χ3v) is 3.75. The molecule has 3 nitrogen and oxygen atoms in total. The van der Waals surface area contributed by atoms with Crippen molar-refractivity contribution in [3.05, 3.63) is 65.9 Å². The summed E-state index contributed by atoms with van der Waals surface area (Å²) < 4.78 is 5.25. The van der Waals surface area contributed by atoms with Crippen LogP contribution in [-0.2, 0) is 13.0 Å². The lowest BCUT2D eigenvalue weighted by Crippen LogP contribution is -2.16. The van der Waals surface area contributed by atoms with Crippen LogP contribution in [0.3, 0.4) is 0 Å². The highest BCUT2D eigenvalue weighted by Crippen LogP contribution is 2.37. The molecule has 0 spiro atoms. The molecule has 2 aromatic rings. The van der Waals surface area contributed by atoms with E-state index in [1.807, 2.05) is 18.2 Å². The third-order valence-electron chi connectivity index (χ3n) is 3.75. The first-order chi connectivity index (χ1) is 10.3. The molecule has 3 rings (SSSR count). The molecular weight excluding hydrogens is 262 g/mol. The highest BCUT2D eigenvalue weighted by atomic mass is 16.5. The lowest BCUT2D eigenvalue weighted by atomic mass is 10.1. The molecule has 0 unspecified atom stereocenters. The lowest BCUT2D eigenvalue weighted by Gasteiger charge is -2.23. The van der Waals surface area contributed by atoms with Gasteiger partial charge in [0, 0.05) is 24.5 Å². The minimum atomic E-state index is 0.206. The van der Waals surface area contributed by atoms with E-state index in [1.54, 1.807) is 7.11 Å². The molecule has 1 N–H and O–H groups in total. The summed E-state index contributed by atoms with van der Waals surface area (Å²) in [5, 5.41) is 9.97. The number of aromatic hydroxyl groups is 1. The number of anilines is 1. The maximum atomic E-state index is 9.97. The summed E-state index contributed by atoms with van der Waals surface area (Å²) in [5.74, 6) is 0.722. The number of nitrogens with zero attached hydrogens (tertiary/aromatic N) is 1. The van der Waals surface area contributed by atoms with Crippen LogP contribution < -0.4 is 9.64 Å². The summed E-state index contributed by atoms with van der Waals surface area (Å²) in [6.07, 6.45) is 6.19. The first-order valence-corrected chi connectivity index (χ1v) is 7.15. The first-order valence-electron chi connectivity index (χ1n) is 7.15. The summed E-state index contributed by atoms with van der Waals surface area (Å²) in [7, 11) is 1.58. The Bertz CT molecular complexity index is 650. The monoisotopic (exact) mass is 281 g/mol. The number of hydrogen-bond donors (Lipinski definition) is 1. The van der Waals surface area contributed by atoms with Gasteiger partial charge in [0.05, 0.1) is 7.11 Å². The molecule has 0 saturated heterocycles. The summed E-state index contributed by atoms with van der Waals surface area (Å²) in [5.41, 5.74) is 3.50. The fraction of sp³-hybridized carbons (Fsp3) is 0.222. The van der Waals surface area contributed by atoms with Crippen LogP contribution in [0.15, 0.2) is 54.7 Å². The Balaban J connectivity index is 1.99. The number of phenols is 1. The van der Waals surface area contributed by atoms with E-state index in [0.29, 0.717) is 5.75 Å². The van der Waals surface area contributed by atoms with Crippen LogP contribution in [0.4, 0.5) is 5.69 Å². The van der Waals surface area contributed by atoms with Gasteiger partial charge in [-0.2, -0.15) is 0 Å². The average molecular weight is 281 g/mol. The van der Waals surface area contributed by atoms with Crippen molar-refractivity contribution in [1.29, 1.82) is 0 Å². The number of aryl methyl sites for hydroxylation is 1. The molecule has 108 valence electrons. The number of benzene rings is 2. The molecule has 21 heavy (non-hydrogen) atoms. The number of hydrogen-bond acceptors (Lipinski definition) is 3. The van der Waals surface area contributed by atoms with Gasteiger partial charge in [-0.3, -0.25) is 0 Å². The zero-order valence-corrected chi connectivity index (χ0v) is 12.1. The van der Waals surface area contributed by atoms with Gasteiger partial charge in [-0.05, 0) is 30.0 Å². The molecule has 0 fully saturated rings. The summed E-state index contributed by atoms with van der Waals surface area (Å²) in [6.45, 7) is 0.804. The molecule has 3 heteroatoms. The van der Waals surface area contributed by atoms with E-state index >= 15 is 0 Å². The minimum Gasteiger partial charge on any atom is -0.504 e. The Labute approximate surface area is 125 Å². The maximum absolute atomic E-state index is 9.97. The highest BCUT2D eigenvalue weighted by Gasteiger charge is 2.16. The second kappa shape index (κ2) is 5.92. The van der Waals surface area contributed by atoms with Crippen LogP contribution in [0.1, 0.15) is 17.5 Å². The van der Waals surface area contributed by atoms with Crippen molar-refractivity contribution < 1.29 is 9.84 Å².